The van der Waals surface area contributed by atoms with Gasteiger partial charge in [0.2, 0.25) is 0 Å². The zero-order valence-electron chi connectivity index (χ0n) is 93.0. The lowest BCUT2D eigenvalue weighted by Gasteiger charge is -2.27. The summed E-state index contributed by atoms with van der Waals surface area (Å²) >= 11 is 0. The minimum Gasteiger partial charge on any atom is -0.311 e. The smallest absolute Gasteiger partial charge is 0.0645 e. The molecule has 0 spiro atoms. The number of anilines is 9. The second kappa shape index (κ2) is 42.4. The van der Waals surface area contributed by atoms with Gasteiger partial charge in [-0.1, -0.05) is 497 Å². The van der Waals surface area contributed by atoms with E-state index in [0.29, 0.717) is 11.1 Å². The fourth-order valence-electron chi connectivity index (χ4n) is 18.5. The van der Waals surface area contributed by atoms with Gasteiger partial charge in [0.15, 0.2) is 0 Å². The summed E-state index contributed by atoms with van der Waals surface area (Å²) in [5, 5.41) is 1.40. The van der Waals surface area contributed by atoms with E-state index < -0.39 is 118 Å². The van der Waals surface area contributed by atoms with Gasteiger partial charge in [-0.15, -0.1) is 0 Å². The van der Waals surface area contributed by atoms with Crippen LogP contribution >= 0.6 is 0 Å². The molecule has 0 aromatic heterocycles. The largest absolute Gasteiger partial charge is 0.311 e. The van der Waals surface area contributed by atoms with Crippen molar-refractivity contribution >= 4 is 72.7 Å². The van der Waals surface area contributed by atoms with Gasteiger partial charge in [0.1, 0.15) is 0 Å². The minimum atomic E-state index is -0.860. The molecule has 3 heteroatoms. The zero-order valence-corrected chi connectivity index (χ0v) is 78.0. The van der Waals surface area contributed by atoms with E-state index >= 15 is 0 Å². The highest BCUT2D eigenvalue weighted by Crippen LogP contribution is 2.47. The summed E-state index contributed by atoms with van der Waals surface area (Å²) < 4.78 is 137. The van der Waals surface area contributed by atoms with E-state index in [1.807, 2.05) is 66.7 Å². The highest BCUT2D eigenvalue weighted by molar-refractivity contribution is 6.02. The summed E-state index contributed by atoms with van der Waals surface area (Å²) in [5.74, 6) is 0. The van der Waals surface area contributed by atoms with Crippen molar-refractivity contribution in [3.63, 3.8) is 0 Å². The quantitative estimate of drug-likeness (QED) is 0.0670. The second-order valence-electron chi connectivity index (χ2n) is 34.6. The molecule has 0 N–H and O–H groups in total. The summed E-state index contributed by atoms with van der Waals surface area (Å²) in [5.41, 5.74) is 30.2. The number of rotatable bonds is 22. The Balaban J connectivity index is 0.000000134. The molecule has 0 bridgehead atoms. The average molecular weight is 1840 g/mol. The van der Waals surface area contributed by atoms with E-state index in [2.05, 4.69) is 422 Å². The van der Waals surface area contributed by atoms with Gasteiger partial charge in [-0.25, -0.2) is 0 Å². The Kier molecular flexibility index (Phi) is 21.8. The Hall–Kier alpha value is -18.8. The first-order valence-electron chi connectivity index (χ1n) is 55.3. The SMILES string of the molecule is [2H]c1c([2H])c(N(c2c([2H])c([2H])c(-c3ccc(-c4ccccc4)c(-c4ccccc4)c3)c([2H])c2[2H])c2c([2H])c([2H])c([2H])c3c([2H])c([2H])c([2H])c([2H])c23)c([2H])c([2H])c1-c1ccccc1.c1ccc(-c2ccc(N(c3ccc(-c4ccc(-c5ccccc5)c(-c5ccccc5)c4)cc3)c3cccc4ccccc34)cc2)cc1.c1ccc(-c2ccc(N(c3ccc(-c4ccccc4)cc3)c3ccc(-c4ccc(-c5ccccc5)c(-c5ccccc5)c4)cc3)cc2)cc1. The van der Waals surface area contributed by atoms with E-state index in [0.717, 1.165) is 61.3 Å². The van der Waals surface area contributed by atoms with Crippen LogP contribution in [-0.2, 0) is 0 Å². The molecular weight excluding hydrogens is 1720 g/mol. The molecule has 0 unspecified atom stereocenters. The summed E-state index contributed by atoms with van der Waals surface area (Å²) in [7, 11) is 0. The average Bonchev–Trinajstić information content (AvgIpc) is 0.705. The van der Waals surface area contributed by atoms with Crippen LogP contribution in [0.1, 0.15) is 20.6 Å². The maximum atomic E-state index is 9.57. The third-order valence-electron chi connectivity index (χ3n) is 25.7. The van der Waals surface area contributed by atoms with E-state index in [1.54, 1.807) is 42.5 Å². The van der Waals surface area contributed by atoms with Crippen LogP contribution in [0, 0.1) is 0 Å². The molecule has 0 aliphatic carbocycles. The van der Waals surface area contributed by atoms with Gasteiger partial charge < -0.3 is 14.7 Å². The molecule has 0 heterocycles. The fourth-order valence-corrected chi connectivity index (χ4v) is 18.5. The maximum absolute atomic E-state index is 9.57. The predicted molar refractivity (Wildman–Crippen MR) is 609 cm³/mol. The summed E-state index contributed by atoms with van der Waals surface area (Å²) in [4.78, 5) is 5.46. The molecule has 24 aromatic rings. The Labute approximate surface area is 859 Å². The molecule has 143 heavy (non-hydrogen) atoms. The van der Waals surface area contributed by atoms with Crippen LogP contribution in [0.2, 0.25) is 0 Å². The van der Waals surface area contributed by atoms with Crippen LogP contribution in [0.25, 0.3) is 166 Å². The van der Waals surface area contributed by atoms with Gasteiger partial charge in [-0.3, -0.25) is 0 Å². The molecule has 0 atom stereocenters. The van der Waals surface area contributed by atoms with Crippen molar-refractivity contribution < 1.29 is 20.6 Å². The van der Waals surface area contributed by atoms with Gasteiger partial charge in [-0.2, -0.15) is 0 Å². The Morgan fingerprint density at radius 3 is 0.699 bits per heavy atom. The summed E-state index contributed by atoms with van der Waals surface area (Å²) in [6.45, 7) is 0. The molecule has 0 saturated heterocycles. The maximum Gasteiger partial charge on any atom is 0.0645 e. The lowest BCUT2D eigenvalue weighted by Crippen LogP contribution is -2.10. The van der Waals surface area contributed by atoms with Crippen molar-refractivity contribution in [3.8, 4) is 145 Å². The third kappa shape index (κ3) is 20.1. The van der Waals surface area contributed by atoms with Crippen LogP contribution in [0.15, 0.2) is 612 Å². The van der Waals surface area contributed by atoms with E-state index in [9.17, 15) is 9.60 Å². The van der Waals surface area contributed by atoms with Gasteiger partial charge in [0.05, 0.1) is 31.9 Å². The molecule has 0 aliphatic rings. The lowest BCUT2D eigenvalue weighted by atomic mass is 9.91. The van der Waals surface area contributed by atoms with Crippen molar-refractivity contribution in [2.24, 2.45) is 0 Å². The second-order valence-corrected chi connectivity index (χ2v) is 34.6. The Morgan fingerprint density at radius 1 is 0.119 bits per heavy atom. The van der Waals surface area contributed by atoms with Crippen LogP contribution in [0.4, 0.5) is 51.2 Å². The number of nitrogens with zero attached hydrogens (tertiary/aromatic N) is 3. The number of hydrogen-bond acceptors (Lipinski definition) is 3. The predicted octanol–water partition coefficient (Wildman–Crippen LogP) is 39.4. The molecule has 0 saturated carbocycles. The van der Waals surface area contributed by atoms with E-state index in [1.165, 1.54) is 111 Å². The van der Waals surface area contributed by atoms with E-state index in [-0.39, 0.29) is 11.1 Å². The normalized spacial score (nSPS) is 12.4. The van der Waals surface area contributed by atoms with Crippen molar-refractivity contribution in [1.29, 1.82) is 0 Å². The van der Waals surface area contributed by atoms with E-state index in [4.69, 9.17) is 11.0 Å². The number of fused-ring (bicyclic) bond motifs is 2. The Morgan fingerprint density at radius 2 is 0.357 bits per heavy atom. The molecule has 0 aliphatic heterocycles. The highest BCUT2D eigenvalue weighted by Gasteiger charge is 2.23. The molecule has 3 nitrogen and oxygen atoms in total. The molecular formula is C140H101N3. The summed E-state index contributed by atoms with van der Waals surface area (Å²) in [6, 6.07) is 169. The van der Waals surface area contributed by atoms with Gasteiger partial charge in [0, 0.05) is 50.6 Å². The van der Waals surface area contributed by atoms with Gasteiger partial charge >= 0.3 is 0 Å². The van der Waals surface area contributed by atoms with Gasteiger partial charge in [0.25, 0.3) is 0 Å². The molecule has 676 valence electrons. The van der Waals surface area contributed by atoms with Crippen LogP contribution in [0.3, 0.4) is 0 Å². The summed E-state index contributed by atoms with van der Waals surface area (Å²) in [6.07, 6.45) is 0. The molecule has 24 aromatic carbocycles. The first-order chi connectivity index (χ1) is 77.2. The topological polar surface area (TPSA) is 9.72 Å². The van der Waals surface area contributed by atoms with Crippen molar-refractivity contribution in [2.45, 2.75) is 0 Å². The first-order valence-corrected chi connectivity index (χ1v) is 47.8. The monoisotopic (exact) mass is 1840 g/mol. The Bertz CT molecular complexity index is 9220. The first kappa shape index (κ1) is 73.5. The number of hydrogen-bond donors (Lipinski definition) is 0. The molecule has 0 radical (unpaired) electrons. The number of benzene rings is 24. The molecule has 0 amide bonds. The van der Waals surface area contributed by atoms with Crippen molar-refractivity contribution in [1.82, 2.24) is 0 Å². The molecule has 24 rings (SSSR count). The highest BCUT2D eigenvalue weighted by atomic mass is 15.2. The fraction of sp³-hybridized carbons (Fsp3) is 0. The zero-order chi connectivity index (χ0) is 109. The van der Waals surface area contributed by atoms with Crippen LogP contribution in [-0.4, -0.2) is 0 Å². The molecule has 0 fully saturated rings. The third-order valence-corrected chi connectivity index (χ3v) is 25.7. The lowest BCUT2D eigenvalue weighted by molar-refractivity contribution is 1.28. The van der Waals surface area contributed by atoms with Crippen LogP contribution in [0.5, 0.6) is 0 Å². The van der Waals surface area contributed by atoms with Crippen molar-refractivity contribution in [3.05, 3.63) is 612 Å². The van der Waals surface area contributed by atoms with Crippen molar-refractivity contribution in [2.75, 3.05) is 14.7 Å². The standard InChI is InChI=1S/C48H35N.2C46H33N/c1-5-13-36(14-6-1)38-21-28-44(29-22-38)49(45-30-23-39(24-31-45)37-15-7-2-8-16-37)46-32-25-40(26-33-46)43-27-34-47(41-17-9-3-10-18-41)48(35-43)42-19-11-4-12-20-42;2*1-4-13-34(14-5-1)35-23-28-41(29-24-35)47(46-22-12-20-38-19-10-11-21-44(38)46)42-30-25-36(26-31-42)40-27-32-43(37-15-6-2-7-16-37)45(33-40)39-17-8-3-9-18-39/h1-35H;2*1-33H/i;10D,11D,12D,19D,20D,21D,22D,23D,24D,25D,26D,28D,29D,30D,31D;. The van der Waals surface area contributed by atoms with Gasteiger partial charge in [-0.05, 0) is 271 Å². The van der Waals surface area contributed by atoms with Crippen LogP contribution < -0.4 is 14.7 Å². The minimum absolute atomic E-state index is 0.104.